The third-order valence-electron chi connectivity index (χ3n) is 4.17. The minimum Gasteiger partial charge on any atom is -0.466 e. The Labute approximate surface area is 208 Å². The number of hydrogen-bond donors (Lipinski definition) is 1. The van der Waals surface area contributed by atoms with E-state index in [1.54, 1.807) is 13.8 Å². The van der Waals surface area contributed by atoms with Crippen molar-refractivity contribution in [3.63, 3.8) is 0 Å². The highest BCUT2D eigenvalue weighted by Gasteiger charge is 2.17. The summed E-state index contributed by atoms with van der Waals surface area (Å²) in [5.41, 5.74) is 0. The monoisotopic (exact) mass is 530 g/mol. The summed E-state index contributed by atoms with van der Waals surface area (Å²) >= 11 is 0. The first-order chi connectivity index (χ1) is 16.9. The number of hydrogen-bond acceptors (Lipinski definition) is 11. The molecule has 0 bridgehead atoms. The Morgan fingerprint density at radius 2 is 0.829 bits per heavy atom. The highest BCUT2D eigenvalue weighted by molar-refractivity contribution is 7.58. The Hall–Kier alpha value is -1.11. The summed E-state index contributed by atoms with van der Waals surface area (Å²) in [6, 6.07) is 0. The van der Waals surface area contributed by atoms with Crippen LogP contribution in [0.3, 0.4) is 0 Å². The first-order valence-corrected chi connectivity index (χ1v) is 14.0. The SMILES string of the molecule is CCOC(=O)CCOCCOCCOCCP(=O)(O)CCOCCOCCOCCC(=O)OCC. The fourth-order valence-electron chi connectivity index (χ4n) is 2.39. The van der Waals surface area contributed by atoms with Crippen LogP contribution in [0.1, 0.15) is 26.7 Å². The molecule has 1 N–H and O–H groups in total. The lowest BCUT2D eigenvalue weighted by Gasteiger charge is -2.12. The molecule has 0 aromatic heterocycles. The average Bonchev–Trinajstić information content (AvgIpc) is 2.81. The second-order valence-corrected chi connectivity index (χ2v) is 9.66. The number of carbonyl (C=O) groups is 2. The van der Waals surface area contributed by atoms with E-state index in [0.717, 1.165) is 0 Å². The van der Waals surface area contributed by atoms with Gasteiger partial charge in [-0.15, -0.1) is 0 Å². The van der Waals surface area contributed by atoms with Crippen molar-refractivity contribution < 1.29 is 56.9 Å². The van der Waals surface area contributed by atoms with Gasteiger partial charge < -0.3 is 42.8 Å². The maximum Gasteiger partial charge on any atom is 0.308 e. The molecule has 0 heterocycles. The molecular weight excluding hydrogens is 487 g/mol. The molecular formula is C22H43O12P. The van der Waals surface area contributed by atoms with Crippen LogP contribution in [0.25, 0.3) is 0 Å². The quantitative estimate of drug-likeness (QED) is 0.0976. The lowest BCUT2D eigenvalue weighted by Crippen LogP contribution is -2.14. The average molecular weight is 531 g/mol. The summed E-state index contributed by atoms with van der Waals surface area (Å²) in [4.78, 5) is 32.2. The molecule has 35 heavy (non-hydrogen) atoms. The van der Waals surface area contributed by atoms with Crippen LogP contribution in [0.4, 0.5) is 0 Å². The maximum atomic E-state index is 12.1. The molecule has 0 aliphatic rings. The predicted molar refractivity (Wildman–Crippen MR) is 127 cm³/mol. The summed E-state index contributed by atoms with van der Waals surface area (Å²) in [5, 5.41) is 0. The van der Waals surface area contributed by atoms with E-state index in [2.05, 4.69) is 0 Å². The summed E-state index contributed by atoms with van der Waals surface area (Å²) in [7, 11) is -3.31. The molecule has 12 nitrogen and oxygen atoms in total. The van der Waals surface area contributed by atoms with E-state index in [4.69, 9.17) is 37.9 Å². The molecule has 0 amide bonds. The van der Waals surface area contributed by atoms with Crippen molar-refractivity contribution in [3.05, 3.63) is 0 Å². The van der Waals surface area contributed by atoms with Crippen molar-refractivity contribution in [1.29, 1.82) is 0 Å². The fraction of sp³-hybridized carbons (Fsp3) is 0.909. The fourth-order valence-corrected chi connectivity index (χ4v) is 3.44. The molecule has 208 valence electrons. The van der Waals surface area contributed by atoms with Gasteiger partial charge in [-0.05, 0) is 13.8 Å². The van der Waals surface area contributed by atoms with Gasteiger partial charge in [0.25, 0.3) is 0 Å². The van der Waals surface area contributed by atoms with Gasteiger partial charge in [0.1, 0.15) is 0 Å². The molecule has 0 aliphatic carbocycles. The zero-order valence-corrected chi connectivity index (χ0v) is 22.0. The van der Waals surface area contributed by atoms with E-state index in [0.29, 0.717) is 66.1 Å². The third kappa shape index (κ3) is 25.8. The van der Waals surface area contributed by atoms with Crippen LogP contribution in [0.15, 0.2) is 0 Å². The smallest absolute Gasteiger partial charge is 0.308 e. The largest absolute Gasteiger partial charge is 0.466 e. The summed E-state index contributed by atoms with van der Waals surface area (Å²) in [6.07, 6.45) is 0.528. The van der Waals surface area contributed by atoms with Gasteiger partial charge in [0.05, 0.1) is 105 Å². The predicted octanol–water partition coefficient (Wildman–Crippen LogP) is 1.26. The van der Waals surface area contributed by atoms with Gasteiger partial charge in [-0.2, -0.15) is 0 Å². The molecule has 0 spiro atoms. The van der Waals surface area contributed by atoms with Crippen LogP contribution < -0.4 is 0 Å². The van der Waals surface area contributed by atoms with Crippen molar-refractivity contribution in [1.82, 2.24) is 0 Å². The number of rotatable bonds is 26. The second kappa shape index (κ2) is 24.6. The van der Waals surface area contributed by atoms with Gasteiger partial charge in [-0.1, -0.05) is 0 Å². The van der Waals surface area contributed by atoms with E-state index in [1.165, 1.54) is 0 Å². The Kier molecular flexibility index (Phi) is 23.8. The van der Waals surface area contributed by atoms with E-state index >= 15 is 0 Å². The minimum absolute atomic E-state index is 0.0486. The van der Waals surface area contributed by atoms with Crippen LogP contribution in [0, 0.1) is 0 Å². The second-order valence-electron chi connectivity index (χ2n) is 7.08. The molecule has 0 aromatic carbocycles. The summed E-state index contributed by atoms with van der Waals surface area (Å²) < 4.78 is 53.5. The lowest BCUT2D eigenvalue weighted by molar-refractivity contribution is -0.145. The molecule has 0 radical (unpaired) electrons. The lowest BCUT2D eigenvalue weighted by atomic mass is 10.5. The molecule has 0 rings (SSSR count). The topological polar surface area (TPSA) is 145 Å². The molecule has 0 saturated carbocycles. The number of carbonyl (C=O) groups excluding carboxylic acids is 2. The van der Waals surface area contributed by atoms with Gasteiger partial charge in [0, 0.05) is 12.3 Å². The maximum absolute atomic E-state index is 12.1. The minimum atomic E-state index is -3.31. The van der Waals surface area contributed by atoms with Gasteiger partial charge in [-0.3, -0.25) is 14.2 Å². The van der Waals surface area contributed by atoms with Crippen molar-refractivity contribution in [2.45, 2.75) is 26.7 Å². The molecule has 0 fully saturated rings. The van der Waals surface area contributed by atoms with E-state index in [-0.39, 0.29) is 63.5 Å². The van der Waals surface area contributed by atoms with Crippen LogP contribution >= 0.6 is 7.37 Å². The highest BCUT2D eigenvalue weighted by atomic mass is 31.2. The molecule has 13 heteroatoms. The van der Waals surface area contributed by atoms with E-state index in [9.17, 15) is 19.0 Å². The zero-order chi connectivity index (χ0) is 26.0. The first-order valence-electron chi connectivity index (χ1n) is 12.0. The Balaban J connectivity index is 3.38. The van der Waals surface area contributed by atoms with Crippen LogP contribution in [-0.4, -0.2) is 122 Å². The van der Waals surface area contributed by atoms with E-state index < -0.39 is 7.37 Å². The molecule has 0 saturated heterocycles. The van der Waals surface area contributed by atoms with Gasteiger partial charge in [-0.25, -0.2) is 0 Å². The van der Waals surface area contributed by atoms with Crippen molar-refractivity contribution in [2.24, 2.45) is 0 Å². The number of esters is 2. The van der Waals surface area contributed by atoms with Crippen LogP contribution in [-0.2, 0) is 52.0 Å². The molecule has 0 atom stereocenters. The Morgan fingerprint density at radius 1 is 0.543 bits per heavy atom. The highest BCUT2D eigenvalue weighted by Crippen LogP contribution is 2.39. The van der Waals surface area contributed by atoms with Crippen LogP contribution in [0.2, 0.25) is 0 Å². The molecule has 0 aromatic rings. The standard InChI is InChI=1S/C22H43O12P/c1-3-33-21(23)5-7-27-9-11-29-13-15-31-17-19-35(25,26)20-18-32-16-14-30-12-10-28-8-6-22(24)34-4-2/h3-20H2,1-2H3,(H,25,26). The van der Waals surface area contributed by atoms with Gasteiger partial charge in [0.2, 0.25) is 7.37 Å². The molecule has 0 aliphatic heterocycles. The third-order valence-corrected chi connectivity index (χ3v) is 5.93. The van der Waals surface area contributed by atoms with Crippen LogP contribution in [0.5, 0.6) is 0 Å². The van der Waals surface area contributed by atoms with E-state index in [1.807, 2.05) is 0 Å². The van der Waals surface area contributed by atoms with Crippen molar-refractivity contribution in [3.8, 4) is 0 Å². The number of ether oxygens (including phenoxy) is 8. The summed E-state index contributed by atoms with van der Waals surface area (Å²) in [6.45, 7) is 7.88. The van der Waals surface area contributed by atoms with Crippen molar-refractivity contribution >= 4 is 19.3 Å². The normalized spacial score (nSPS) is 11.5. The van der Waals surface area contributed by atoms with Gasteiger partial charge in [0.15, 0.2) is 0 Å². The Bertz CT molecular complexity index is 517. The van der Waals surface area contributed by atoms with Crippen molar-refractivity contribution in [2.75, 3.05) is 105 Å². The molecule has 0 unspecified atom stereocenters. The first kappa shape index (κ1) is 33.9. The summed E-state index contributed by atoms with van der Waals surface area (Å²) in [5.74, 6) is -0.572. The van der Waals surface area contributed by atoms with Gasteiger partial charge >= 0.3 is 11.9 Å². The Morgan fingerprint density at radius 3 is 1.14 bits per heavy atom. The zero-order valence-electron chi connectivity index (χ0n) is 21.1.